The Balaban J connectivity index is 1.61. The normalized spacial score (nSPS) is 17.5. The molecular formula is C31H27ClFN3OS. The summed E-state index contributed by atoms with van der Waals surface area (Å²) in [5, 5.41) is 11.0. The molecule has 7 heteroatoms. The highest BCUT2D eigenvalue weighted by Crippen LogP contribution is 2.47. The van der Waals surface area contributed by atoms with Gasteiger partial charge in [0.1, 0.15) is 11.6 Å². The lowest BCUT2D eigenvalue weighted by Gasteiger charge is -2.40. The first-order chi connectivity index (χ1) is 18.3. The van der Waals surface area contributed by atoms with E-state index in [0.29, 0.717) is 41.1 Å². The van der Waals surface area contributed by atoms with E-state index in [-0.39, 0.29) is 17.4 Å². The Bertz CT molecular complexity index is 1520. The van der Waals surface area contributed by atoms with Gasteiger partial charge in [0, 0.05) is 39.0 Å². The molecule has 0 saturated heterocycles. The van der Waals surface area contributed by atoms with Crippen LogP contribution in [0.5, 0.6) is 0 Å². The predicted octanol–water partition coefficient (Wildman–Crippen LogP) is 7.69. The van der Waals surface area contributed by atoms with Crippen molar-refractivity contribution >= 4 is 34.8 Å². The average Bonchev–Trinajstić information content (AvgIpc) is 2.90. The fraction of sp³-hybridized carbons (Fsp3) is 0.226. The number of nitrogens with two attached hydrogens (primary N) is 1. The number of carbonyl (C=O) groups excluding carboxylic acids is 1. The van der Waals surface area contributed by atoms with Crippen LogP contribution in [-0.4, -0.2) is 5.78 Å². The van der Waals surface area contributed by atoms with Crippen molar-refractivity contribution in [2.75, 3.05) is 4.90 Å². The monoisotopic (exact) mass is 543 g/mol. The molecule has 0 aromatic heterocycles. The van der Waals surface area contributed by atoms with Crippen molar-refractivity contribution < 1.29 is 9.18 Å². The first-order valence-electron chi connectivity index (χ1n) is 12.5. The number of Topliss-reactive ketones (excluding diaryl/α,β-unsaturated/α-hetero) is 1. The van der Waals surface area contributed by atoms with Crippen molar-refractivity contribution in [2.24, 2.45) is 5.73 Å². The second kappa shape index (κ2) is 10.7. The lowest BCUT2D eigenvalue weighted by molar-refractivity contribution is -0.116. The summed E-state index contributed by atoms with van der Waals surface area (Å²) in [7, 11) is 0. The van der Waals surface area contributed by atoms with Gasteiger partial charge in [0.2, 0.25) is 0 Å². The van der Waals surface area contributed by atoms with Crippen LogP contribution in [0.4, 0.5) is 10.1 Å². The number of aryl methyl sites for hydroxylation is 2. The van der Waals surface area contributed by atoms with E-state index in [1.807, 2.05) is 31.2 Å². The average molecular weight is 544 g/mol. The number of benzene rings is 3. The Morgan fingerprint density at radius 3 is 2.47 bits per heavy atom. The van der Waals surface area contributed by atoms with Gasteiger partial charge >= 0.3 is 0 Å². The van der Waals surface area contributed by atoms with E-state index in [4.69, 9.17) is 17.3 Å². The highest BCUT2D eigenvalue weighted by molar-refractivity contribution is 7.98. The molecule has 38 heavy (non-hydrogen) atoms. The number of carbonyl (C=O) groups is 1. The minimum absolute atomic E-state index is 0.0284. The third kappa shape index (κ3) is 4.84. The zero-order valence-electron chi connectivity index (χ0n) is 21.2. The third-order valence-electron chi connectivity index (χ3n) is 7.24. The summed E-state index contributed by atoms with van der Waals surface area (Å²) in [4.78, 5) is 16.4. The first-order valence-corrected chi connectivity index (χ1v) is 13.8. The van der Waals surface area contributed by atoms with Crippen LogP contribution in [0.15, 0.2) is 88.2 Å². The van der Waals surface area contributed by atoms with Crippen LogP contribution in [-0.2, 0) is 10.5 Å². The largest absolute Gasteiger partial charge is 0.384 e. The molecule has 192 valence electrons. The van der Waals surface area contributed by atoms with Gasteiger partial charge in [0.15, 0.2) is 5.78 Å². The number of allylic oxidation sites excluding steroid dienone is 3. The molecule has 1 heterocycles. The molecule has 1 aliphatic heterocycles. The van der Waals surface area contributed by atoms with Crippen LogP contribution < -0.4 is 10.6 Å². The molecule has 0 fully saturated rings. The van der Waals surface area contributed by atoms with Gasteiger partial charge < -0.3 is 5.73 Å². The summed E-state index contributed by atoms with van der Waals surface area (Å²) in [6.45, 7) is 4.10. The van der Waals surface area contributed by atoms with Gasteiger partial charge in [-0.2, -0.15) is 5.26 Å². The molecule has 2 N–H and O–H groups in total. The van der Waals surface area contributed by atoms with E-state index >= 15 is 0 Å². The van der Waals surface area contributed by atoms with E-state index in [9.17, 15) is 14.4 Å². The van der Waals surface area contributed by atoms with Crippen LogP contribution in [0.1, 0.15) is 47.4 Å². The number of halogens is 2. The summed E-state index contributed by atoms with van der Waals surface area (Å²) < 4.78 is 13.7. The van der Waals surface area contributed by atoms with E-state index in [1.54, 1.807) is 28.8 Å². The van der Waals surface area contributed by atoms with Crippen LogP contribution in [0, 0.1) is 31.0 Å². The summed E-state index contributed by atoms with van der Waals surface area (Å²) >= 11 is 7.75. The topological polar surface area (TPSA) is 70.1 Å². The minimum Gasteiger partial charge on any atom is -0.384 e. The molecule has 2 aliphatic rings. The molecule has 0 bridgehead atoms. The van der Waals surface area contributed by atoms with Crippen molar-refractivity contribution in [3.63, 3.8) is 0 Å². The van der Waals surface area contributed by atoms with Crippen molar-refractivity contribution in [1.29, 1.82) is 5.26 Å². The highest BCUT2D eigenvalue weighted by atomic mass is 35.5. The summed E-state index contributed by atoms with van der Waals surface area (Å²) in [6, 6.07) is 20.3. The van der Waals surface area contributed by atoms with Crippen molar-refractivity contribution in [1.82, 2.24) is 0 Å². The molecule has 1 aliphatic carbocycles. The molecule has 3 aromatic carbocycles. The van der Waals surface area contributed by atoms with E-state index in [1.165, 1.54) is 12.1 Å². The van der Waals surface area contributed by atoms with Gasteiger partial charge in [-0.3, -0.25) is 9.69 Å². The fourth-order valence-electron chi connectivity index (χ4n) is 5.36. The standard InChI is InChI=1S/C31H27ClFN3OS/c1-18-14-19(2)25(15-20(18)17-38-24-12-6-21(32)7-13-24)29-26(16-34)31(35)36(23-10-8-22(33)9-11-23)27-4-3-5-28(37)30(27)29/h6-15,29H,3-5,17,35H2,1-2H3. The number of nitrogens with zero attached hydrogens (tertiary/aromatic N) is 2. The number of hydrogen-bond donors (Lipinski definition) is 1. The maximum Gasteiger partial charge on any atom is 0.161 e. The number of nitriles is 1. The maximum absolute atomic E-state index is 13.7. The van der Waals surface area contributed by atoms with Crippen molar-refractivity contribution in [2.45, 2.75) is 49.7 Å². The summed E-state index contributed by atoms with van der Waals surface area (Å²) in [5.41, 5.74) is 13.3. The first kappa shape index (κ1) is 26.1. The van der Waals surface area contributed by atoms with Crippen LogP contribution in [0.25, 0.3) is 0 Å². The fourth-order valence-corrected chi connectivity index (χ4v) is 6.44. The Morgan fingerprint density at radius 1 is 1.08 bits per heavy atom. The predicted molar refractivity (Wildman–Crippen MR) is 151 cm³/mol. The van der Waals surface area contributed by atoms with Gasteiger partial charge in [0.25, 0.3) is 0 Å². The molecule has 1 atom stereocenters. The molecule has 0 saturated carbocycles. The Hall–Kier alpha value is -3.53. The van der Waals surface area contributed by atoms with Crippen molar-refractivity contribution in [3.05, 3.63) is 116 Å². The quantitative estimate of drug-likeness (QED) is 0.334. The third-order valence-corrected chi connectivity index (χ3v) is 8.55. The van der Waals surface area contributed by atoms with Crippen LogP contribution >= 0.6 is 23.4 Å². The molecule has 0 radical (unpaired) electrons. The van der Waals surface area contributed by atoms with Gasteiger partial charge in [0.05, 0.1) is 17.6 Å². The lowest BCUT2D eigenvalue weighted by Crippen LogP contribution is -2.38. The Kier molecular flexibility index (Phi) is 7.34. The molecule has 1 unspecified atom stereocenters. The number of ketones is 1. The van der Waals surface area contributed by atoms with Gasteiger partial charge in [-0.15, -0.1) is 11.8 Å². The molecule has 0 amide bonds. The molecule has 0 spiro atoms. The van der Waals surface area contributed by atoms with Crippen molar-refractivity contribution in [3.8, 4) is 6.07 Å². The van der Waals surface area contributed by atoms with E-state index in [0.717, 1.165) is 38.6 Å². The maximum atomic E-state index is 13.7. The van der Waals surface area contributed by atoms with Crippen LogP contribution in [0.2, 0.25) is 5.02 Å². The number of rotatable bonds is 5. The second-order valence-electron chi connectivity index (χ2n) is 9.67. The Labute approximate surface area is 231 Å². The molecule has 3 aromatic rings. The summed E-state index contributed by atoms with van der Waals surface area (Å²) in [6.07, 6.45) is 1.78. The minimum atomic E-state index is -0.542. The van der Waals surface area contributed by atoms with Gasteiger partial charge in [-0.1, -0.05) is 23.7 Å². The lowest BCUT2D eigenvalue weighted by atomic mass is 9.74. The molecule has 5 rings (SSSR count). The van der Waals surface area contributed by atoms with E-state index in [2.05, 4.69) is 25.1 Å². The highest BCUT2D eigenvalue weighted by Gasteiger charge is 2.41. The molecule has 4 nitrogen and oxygen atoms in total. The SMILES string of the molecule is Cc1cc(C)c(C2C(C#N)=C(N)N(c3ccc(F)cc3)C3=C2C(=O)CCC3)cc1CSc1ccc(Cl)cc1. The van der Waals surface area contributed by atoms with Crippen LogP contribution in [0.3, 0.4) is 0 Å². The van der Waals surface area contributed by atoms with Gasteiger partial charge in [-0.05, 0) is 97.5 Å². The summed E-state index contributed by atoms with van der Waals surface area (Å²) in [5.74, 6) is 0.144. The Morgan fingerprint density at radius 2 is 1.79 bits per heavy atom. The van der Waals surface area contributed by atoms with Gasteiger partial charge in [-0.25, -0.2) is 4.39 Å². The molecular weight excluding hydrogens is 517 g/mol. The smallest absolute Gasteiger partial charge is 0.161 e. The number of thioether (sulfide) groups is 1. The zero-order chi connectivity index (χ0) is 27.0. The zero-order valence-corrected chi connectivity index (χ0v) is 22.8. The van der Waals surface area contributed by atoms with E-state index < -0.39 is 5.92 Å². The number of hydrogen-bond acceptors (Lipinski definition) is 5. The second-order valence-corrected chi connectivity index (χ2v) is 11.2. The number of anilines is 1.